The van der Waals surface area contributed by atoms with Gasteiger partial charge in [-0.25, -0.2) is 0 Å². The van der Waals surface area contributed by atoms with E-state index in [4.69, 9.17) is 0 Å². The number of aliphatic carboxylic acids is 2. The summed E-state index contributed by atoms with van der Waals surface area (Å²) in [6.07, 6.45) is 0. The summed E-state index contributed by atoms with van der Waals surface area (Å²) in [6.45, 7) is 2.47. The molecule has 2 N–H and O–H groups in total. The van der Waals surface area contributed by atoms with Crippen molar-refractivity contribution in [3.63, 3.8) is 0 Å². The average Bonchev–Trinajstić information content (AvgIpc) is 2.32. The Morgan fingerprint density at radius 1 is 0.818 bits per heavy atom. The second-order valence-corrected chi connectivity index (χ2v) is 4.24. The molecule has 116 valence electrons. The topological polar surface area (TPSA) is 138 Å². The molecule has 0 saturated heterocycles. The molecule has 0 spiro atoms. The van der Waals surface area contributed by atoms with E-state index in [0.717, 1.165) is 0 Å². The van der Waals surface area contributed by atoms with Crippen LogP contribution in [-0.2, 0) is 19.2 Å². The minimum atomic E-state index is -1.31. The van der Waals surface area contributed by atoms with Crippen LogP contribution in [0.1, 0.15) is 13.8 Å². The zero-order chi connectivity index (χ0) is 16.3. The van der Waals surface area contributed by atoms with Crippen LogP contribution in [0.2, 0.25) is 0 Å². The normalized spacial score (nSPS) is 11.1. The molecule has 2 amide bonds. The Kier molecular flexibility index (Phi) is 24.8. The third-order valence-corrected chi connectivity index (χ3v) is 2.42. The van der Waals surface area contributed by atoms with E-state index in [1.807, 2.05) is 0 Å². The van der Waals surface area contributed by atoms with Crippen LogP contribution in [0.25, 0.3) is 0 Å². The molecule has 0 aliphatic rings. The third-order valence-electron chi connectivity index (χ3n) is 1.69. The van der Waals surface area contributed by atoms with Gasteiger partial charge in [0.25, 0.3) is 0 Å². The monoisotopic (exact) mass is 370 g/mol. The maximum absolute atomic E-state index is 10.3. The molecular formula is C10H16N2Na2O6S2. The van der Waals surface area contributed by atoms with Crippen LogP contribution in [0.3, 0.4) is 0 Å². The van der Waals surface area contributed by atoms with Crippen molar-refractivity contribution >= 4 is 49.0 Å². The average molecular weight is 370 g/mol. The van der Waals surface area contributed by atoms with Gasteiger partial charge in [0.15, 0.2) is 0 Å². The van der Waals surface area contributed by atoms with Gasteiger partial charge in [0.1, 0.15) is 0 Å². The van der Waals surface area contributed by atoms with Crippen LogP contribution >= 0.6 is 25.3 Å². The first-order valence-electron chi connectivity index (χ1n) is 5.33. The standard InChI is InChI=1S/2C5H9NO3S.2Na/c2*1-3(7)6-4(2-10)5(8)9;;/h2*4,10H,2H2,1H3,(H,6,7)(H,8,9);;/q;;2*+1/p-2/t2*4-;;/m00../s1. The first kappa shape index (κ1) is 30.5. The molecule has 0 aromatic carbocycles. The molecular weight excluding hydrogens is 354 g/mol. The summed E-state index contributed by atoms with van der Waals surface area (Å²) in [5, 5.41) is 24.5. The minimum Gasteiger partial charge on any atom is -0.548 e. The Hall–Kier alpha value is 0.580. The molecule has 12 heteroatoms. The second-order valence-electron chi connectivity index (χ2n) is 3.51. The molecule has 0 heterocycles. The zero-order valence-corrected chi connectivity index (χ0v) is 18.7. The van der Waals surface area contributed by atoms with Crippen LogP contribution in [0, 0.1) is 0 Å². The minimum absolute atomic E-state index is 0. The molecule has 0 rings (SSSR count). The van der Waals surface area contributed by atoms with Crippen LogP contribution in [0.4, 0.5) is 0 Å². The summed E-state index contributed by atoms with van der Waals surface area (Å²) >= 11 is 7.39. The fourth-order valence-corrected chi connectivity index (χ4v) is 1.33. The molecule has 0 aliphatic carbocycles. The van der Waals surface area contributed by atoms with Gasteiger partial charge in [-0.1, -0.05) is 0 Å². The van der Waals surface area contributed by atoms with E-state index in [0.29, 0.717) is 0 Å². The number of carboxylic acid groups (broad SMARTS) is 2. The van der Waals surface area contributed by atoms with Gasteiger partial charge < -0.3 is 30.4 Å². The maximum Gasteiger partial charge on any atom is 1.00 e. The molecule has 0 bridgehead atoms. The van der Waals surface area contributed by atoms with E-state index in [-0.39, 0.29) is 70.6 Å². The van der Waals surface area contributed by atoms with Gasteiger partial charge in [-0.2, -0.15) is 25.3 Å². The van der Waals surface area contributed by atoms with E-state index < -0.39 is 35.8 Å². The molecule has 8 nitrogen and oxygen atoms in total. The number of rotatable bonds is 6. The number of hydrogen-bond donors (Lipinski definition) is 4. The first-order chi connectivity index (χ1) is 9.15. The fourth-order valence-electron chi connectivity index (χ4n) is 0.849. The van der Waals surface area contributed by atoms with Crippen molar-refractivity contribution in [1.82, 2.24) is 10.6 Å². The predicted octanol–water partition coefficient (Wildman–Crippen LogP) is -9.65. The molecule has 0 aromatic heterocycles. The Morgan fingerprint density at radius 2 is 1.05 bits per heavy atom. The van der Waals surface area contributed by atoms with E-state index in [2.05, 4.69) is 35.9 Å². The number of carbonyl (C=O) groups is 4. The number of thiol groups is 2. The second kappa shape index (κ2) is 17.9. The number of carbonyl (C=O) groups excluding carboxylic acids is 4. The van der Waals surface area contributed by atoms with Crippen molar-refractivity contribution in [1.29, 1.82) is 0 Å². The van der Waals surface area contributed by atoms with Crippen molar-refractivity contribution < 1.29 is 88.5 Å². The van der Waals surface area contributed by atoms with Crippen LogP contribution in [-0.4, -0.2) is 47.3 Å². The molecule has 0 fully saturated rings. The van der Waals surface area contributed by atoms with Crippen LogP contribution < -0.4 is 80.0 Å². The summed E-state index contributed by atoms with van der Waals surface area (Å²) < 4.78 is 0. The number of nitrogens with one attached hydrogen (secondary N) is 2. The van der Waals surface area contributed by atoms with E-state index >= 15 is 0 Å². The van der Waals surface area contributed by atoms with Gasteiger partial charge in [0, 0.05) is 25.4 Å². The number of hydrogen-bond acceptors (Lipinski definition) is 8. The molecule has 0 radical (unpaired) electrons. The maximum atomic E-state index is 10.3. The molecule has 0 unspecified atom stereocenters. The van der Waals surface area contributed by atoms with Crippen LogP contribution in [0.5, 0.6) is 0 Å². The van der Waals surface area contributed by atoms with Crippen molar-refractivity contribution in [3.05, 3.63) is 0 Å². The summed E-state index contributed by atoms with van der Waals surface area (Å²) in [7, 11) is 0. The van der Waals surface area contributed by atoms with Crippen molar-refractivity contribution in [3.8, 4) is 0 Å². The third kappa shape index (κ3) is 18.6. The molecule has 0 saturated carbocycles. The van der Waals surface area contributed by atoms with E-state index in [9.17, 15) is 29.4 Å². The van der Waals surface area contributed by atoms with Gasteiger partial charge in [0.05, 0.1) is 24.0 Å². The molecule has 0 aliphatic heterocycles. The summed E-state index contributed by atoms with van der Waals surface area (Å²) in [6, 6.07) is -1.97. The summed E-state index contributed by atoms with van der Waals surface area (Å²) in [4.78, 5) is 40.7. The Labute approximate surface area is 184 Å². The van der Waals surface area contributed by atoms with Crippen LogP contribution in [0.15, 0.2) is 0 Å². The predicted molar refractivity (Wildman–Crippen MR) is 72.9 cm³/mol. The smallest absolute Gasteiger partial charge is 0.548 e. The van der Waals surface area contributed by atoms with Gasteiger partial charge in [-0.3, -0.25) is 9.59 Å². The van der Waals surface area contributed by atoms with Gasteiger partial charge in [0.2, 0.25) is 11.8 Å². The summed E-state index contributed by atoms with van der Waals surface area (Å²) in [5.41, 5.74) is 0. The molecule has 22 heavy (non-hydrogen) atoms. The quantitative estimate of drug-likeness (QED) is 0.271. The van der Waals surface area contributed by atoms with Crippen molar-refractivity contribution in [2.45, 2.75) is 25.9 Å². The molecule has 2 atom stereocenters. The first-order valence-corrected chi connectivity index (χ1v) is 6.59. The Bertz CT molecular complexity index is 339. The van der Waals surface area contributed by atoms with E-state index in [1.165, 1.54) is 13.8 Å². The van der Waals surface area contributed by atoms with Gasteiger partial charge in [-0.15, -0.1) is 0 Å². The number of carboxylic acids is 2. The zero-order valence-electron chi connectivity index (χ0n) is 12.9. The van der Waals surface area contributed by atoms with Gasteiger partial charge >= 0.3 is 59.1 Å². The number of amides is 2. The fraction of sp³-hybridized carbons (Fsp3) is 0.600. The van der Waals surface area contributed by atoms with Gasteiger partial charge in [-0.05, 0) is 0 Å². The summed E-state index contributed by atoms with van der Waals surface area (Å²) in [5.74, 6) is -3.34. The SMILES string of the molecule is CC(=O)N[C@@H](CS)C(=O)[O-].CC(=O)N[C@@H](CS)C(=O)[O-].[Na+].[Na+]. The Morgan fingerprint density at radius 3 is 1.09 bits per heavy atom. The van der Waals surface area contributed by atoms with Crippen molar-refractivity contribution in [2.24, 2.45) is 0 Å². The molecule has 0 aromatic rings. The van der Waals surface area contributed by atoms with E-state index in [1.54, 1.807) is 0 Å². The Balaban J connectivity index is -0.000000135. The van der Waals surface area contributed by atoms with Crippen molar-refractivity contribution in [2.75, 3.05) is 11.5 Å². The largest absolute Gasteiger partial charge is 1.00 e.